The molecular weight excluding hydrogens is 384 g/mol. The Morgan fingerprint density at radius 3 is 2.73 bits per heavy atom. The van der Waals surface area contributed by atoms with Crippen molar-refractivity contribution in [2.24, 2.45) is 5.92 Å². The number of rotatable bonds is 5. The zero-order chi connectivity index (χ0) is 21.1. The first-order valence-corrected chi connectivity index (χ1v) is 10.2. The fourth-order valence-electron chi connectivity index (χ4n) is 3.63. The summed E-state index contributed by atoms with van der Waals surface area (Å²) in [7, 11) is 0. The van der Waals surface area contributed by atoms with Gasteiger partial charge < -0.3 is 24.1 Å². The fraction of sp³-hybridized carbons (Fsp3) is 0.429. The van der Waals surface area contributed by atoms with E-state index < -0.39 is 0 Å². The highest BCUT2D eigenvalue weighted by Crippen LogP contribution is 2.16. The average molecular weight is 410 g/mol. The normalized spacial score (nSPS) is 14.5. The Hall–Kier alpha value is -3.36. The Kier molecular flexibility index (Phi) is 5.69. The van der Waals surface area contributed by atoms with Crippen molar-refractivity contribution in [2.45, 2.75) is 26.9 Å². The van der Waals surface area contributed by atoms with E-state index in [1.165, 1.54) is 0 Å². The molecule has 0 saturated carbocycles. The number of piperazine rings is 1. The van der Waals surface area contributed by atoms with Crippen LogP contribution in [0.25, 0.3) is 11.0 Å². The van der Waals surface area contributed by atoms with Crippen molar-refractivity contribution in [2.75, 3.05) is 31.1 Å². The maximum atomic E-state index is 13.2. The Morgan fingerprint density at radius 2 is 2.03 bits per heavy atom. The molecule has 30 heavy (non-hydrogen) atoms. The molecule has 1 saturated heterocycles. The molecule has 0 unspecified atom stereocenters. The molecule has 0 radical (unpaired) electrons. The summed E-state index contributed by atoms with van der Waals surface area (Å²) in [5.74, 6) is 1.46. The van der Waals surface area contributed by atoms with Crippen LogP contribution in [0.15, 0.2) is 46.1 Å². The van der Waals surface area contributed by atoms with Crippen molar-refractivity contribution in [3.05, 3.63) is 53.0 Å². The lowest BCUT2D eigenvalue weighted by Gasteiger charge is -2.35. The van der Waals surface area contributed by atoms with Gasteiger partial charge in [0.15, 0.2) is 5.82 Å². The van der Waals surface area contributed by atoms with Crippen LogP contribution in [0.5, 0.6) is 0 Å². The number of nitrogens with one attached hydrogen (secondary N) is 1. The van der Waals surface area contributed by atoms with Crippen LogP contribution in [0.3, 0.4) is 0 Å². The lowest BCUT2D eigenvalue weighted by Crippen LogP contribution is -2.53. The third-order valence-corrected chi connectivity index (χ3v) is 5.14. The van der Waals surface area contributed by atoms with E-state index in [0.717, 1.165) is 11.0 Å². The first-order chi connectivity index (χ1) is 14.5. The van der Waals surface area contributed by atoms with Crippen molar-refractivity contribution < 1.29 is 9.21 Å². The quantitative estimate of drug-likeness (QED) is 0.692. The predicted octanol–water partition coefficient (Wildman–Crippen LogP) is 2.07. The van der Waals surface area contributed by atoms with Crippen LogP contribution >= 0.6 is 0 Å². The van der Waals surface area contributed by atoms with E-state index in [9.17, 15) is 9.59 Å². The molecule has 4 heterocycles. The monoisotopic (exact) mass is 410 g/mol. The molecule has 1 aliphatic rings. The molecule has 0 bridgehead atoms. The van der Waals surface area contributed by atoms with Crippen LogP contribution in [0, 0.1) is 5.92 Å². The summed E-state index contributed by atoms with van der Waals surface area (Å²) < 4.78 is 7.00. The largest absolute Gasteiger partial charge is 0.467 e. The molecular formula is C21H26N6O3. The van der Waals surface area contributed by atoms with Crippen LogP contribution in [0.4, 0.5) is 10.6 Å². The Labute approximate surface area is 174 Å². The molecule has 1 fully saturated rings. The summed E-state index contributed by atoms with van der Waals surface area (Å²) >= 11 is 0. The minimum absolute atomic E-state index is 0.111. The molecule has 9 heteroatoms. The van der Waals surface area contributed by atoms with Gasteiger partial charge in [-0.15, -0.1) is 0 Å². The second-order valence-corrected chi connectivity index (χ2v) is 7.82. The van der Waals surface area contributed by atoms with Gasteiger partial charge >= 0.3 is 6.03 Å². The summed E-state index contributed by atoms with van der Waals surface area (Å²) in [6.45, 7) is 7.25. The number of anilines is 1. The van der Waals surface area contributed by atoms with E-state index in [2.05, 4.69) is 29.1 Å². The number of hydrogen-bond acceptors (Lipinski definition) is 6. The first-order valence-electron chi connectivity index (χ1n) is 10.2. The topological polar surface area (TPSA) is 96.5 Å². The highest BCUT2D eigenvalue weighted by Gasteiger charge is 2.25. The molecule has 2 amide bonds. The number of pyridine rings is 1. The van der Waals surface area contributed by atoms with Crippen molar-refractivity contribution in [3.8, 4) is 0 Å². The number of carbonyl (C=O) groups is 1. The molecule has 0 aliphatic carbocycles. The highest BCUT2D eigenvalue weighted by atomic mass is 16.3. The van der Waals surface area contributed by atoms with Gasteiger partial charge in [0.2, 0.25) is 0 Å². The summed E-state index contributed by atoms with van der Waals surface area (Å²) in [5, 5.41) is 2.86. The van der Waals surface area contributed by atoms with E-state index >= 15 is 0 Å². The minimum atomic E-state index is -0.138. The van der Waals surface area contributed by atoms with E-state index in [-0.39, 0.29) is 11.6 Å². The van der Waals surface area contributed by atoms with Crippen molar-refractivity contribution >= 4 is 22.9 Å². The van der Waals surface area contributed by atoms with Crippen molar-refractivity contribution in [3.63, 3.8) is 0 Å². The molecule has 0 spiro atoms. The van der Waals surface area contributed by atoms with Crippen LogP contribution in [0.2, 0.25) is 0 Å². The number of urea groups is 1. The molecule has 1 aliphatic heterocycles. The van der Waals surface area contributed by atoms with E-state index in [0.29, 0.717) is 56.8 Å². The van der Waals surface area contributed by atoms with Crippen LogP contribution < -0.4 is 15.8 Å². The second-order valence-electron chi connectivity index (χ2n) is 7.82. The maximum Gasteiger partial charge on any atom is 0.317 e. The smallest absolute Gasteiger partial charge is 0.317 e. The summed E-state index contributed by atoms with van der Waals surface area (Å²) in [6, 6.07) is 5.30. The molecule has 4 rings (SSSR count). The number of nitrogens with zero attached hydrogens (tertiary/aromatic N) is 5. The number of aromatic nitrogens is 3. The van der Waals surface area contributed by atoms with Crippen molar-refractivity contribution in [1.29, 1.82) is 0 Å². The van der Waals surface area contributed by atoms with Gasteiger partial charge in [-0.2, -0.15) is 0 Å². The first kappa shape index (κ1) is 19.9. The second kappa shape index (κ2) is 8.56. The molecule has 158 valence electrons. The Morgan fingerprint density at radius 1 is 1.23 bits per heavy atom. The lowest BCUT2D eigenvalue weighted by molar-refractivity contribution is 0.193. The van der Waals surface area contributed by atoms with Crippen LogP contribution in [-0.2, 0) is 13.1 Å². The van der Waals surface area contributed by atoms with Gasteiger partial charge in [-0.25, -0.2) is 9.78 Å². The Bertz CT molecular complexity index is 1070. The molecule has 1 N–H and O–H groups in total. The molecule has 0 atom stereocenters. The number of fused-ring (bicyclic) bond motifs is 1. The summed E-state index contributed by atoms with van der Waals surface area (Å²) in [5.41, 5.74) is 1.38. The zero-order valence-electron chi connectivity index (χ0n) is 17.2. The third-order valence-electron chi connectivity index (χ3n) is 5.14. The lowest BCUT2D eigenvalue weighted by atomic mass is 10.2. The summed E-state index contributed by atoms with van der Waals surface area (Å²) in [4.78, 5) is 38.1. The van der Waals surface area contributed by atoms with Crippen LogP contribution in [-0.4, -0.2) is 51.6 Å². The van der Waals surface area contributed by atoms with E-state index in [1.807, 2.05) is 17.0 Å². The van der Waals surface area contributed by atoms with Gasteiger partial charge in [-0.05, 0) is 24.1 Å². The number of hydrogen-bond donors (Lipinski definition) is 1. The van der Waals surface area contributed by atoms with E-state index in [1.54, 1.807) is 34.2 Å². The average Bonchev–Trinajstić information content (AvgIpc) is 3.27. The van der Waals surface area contributed by atoms with Gasteiger partial charge in [-0.1, -0.05) is 13.8 Å². The van der Waals surface area contributed by atoms with Gasteiger partial charge in [0.25, 0.3) is 5.56 Å². The number of amides is 2. The van der Waals surface area contributed by atoms with E-state index in [4.69, 9.17) is 4.42 Å². The SMILES string of the molecule is CC(C)Cn1c(=O)c(N2CCN(C(=O)NCc3ccco3)CC2)nc2ccncc21. The van der Waals surface area contributed by atoms with Gasteiger partial charge in [0, 0.05) is 38.9 Å². The van der Waals surface area contributed by atoms with Gasteiger partial charge in [-0.3, -0.25) is 9.78 Å². The van der Waals surface area contributed by atoms with Gasteiger partial charge in [0.05, 0.1) is 30.0 Å². The third kappa shape index (κ3) is 4.14. The minimum Gasteiger partial charge on any atom is -0.467 e. The standard InChI is InChI=1S/C21H26N6O3/c1-15(2)14-27-18-13-22-6-5-17(18)24-19(20(27)28)25-7-9-26(10-8-25)21(29)23-12-16-4-3-11-30-16/h3-6,11,13,15H,7-10,12,14H2,1-2H3,(H,23,29). The zero-order valence-corrected chi connectivity index (χ0v) is 17.2. The molecule has 9 nitrogen and oxygen atoms in total. The molecule has 3 aromatic rings. The summed E-state index contributed by atoms with van der Waals surface area (Å²) in [6.07, 6.45) is 4.96. The van der Waals surface area contributed by atoms with Crippen LogP contribution in [0.1, 0.15) is 19.6 Å². The highest BCUT2D eigenvalue weighted by molar-refractivity contribution is 5.76. The van der Waals surface area contributed by atoms with Crippen molar-refractivity contribution in [1.82, 2.24) is 24.8 Å². The number of furan rings is 1. The fourth-order valence-corrected chi connectivity index (χ4v) is 3.63. The number of carbonyl (C=O) groups excluding carboxylic acids is 1. The molecule has 3 aromatic heterocycles. The van der Waals surface area contributed by atoms with Gasteiger partial charge in [0.1, 0.15) is 5.76 Å². The predicted molar refractivity (Wildman–Crippen MR) is 113 cm³/mol. The Balaban J connectivity index is 1.48. The molecule has 0 aromatic carbocycles. The maximum absolute atomic E-state index is 13.2.